The summed E-state index contributed by atoms with van der Waals surface area (Å²) in [6, 6.07) is 19.9. The predicted octanol–water partition coefficient (Wildman–Crippen LogP) is 5.04. The summed E-state index contributed by atoms with van der Waals surface area (Å²) in [6.07, 6.45) is 0. The topological polar surface area (TPSA) is 47.6 Å². The molecule has 0 heterocycles. The molecule has 0 fully saturated rings. The summed E-state index contributed by atoms with van der Waals surface area (Å²) < 4.78 is 29.8. The van der Waals surface area contributed by atoms with Gasteiger partial charge in [0.25, 0.3) is 0 Å². The van der Waals surface area contributed by atoms with E-state index in [0.717, 1.165) is 0 Å². The number of nitrogens with zero attached hydrogens (tertiary/aromatic N) is 2. The fourth-order valence-corrected chi connectivity index (χ4v) is 2.65. The molecule has 2 nitrogen and oxygen atoms in total. The maximum atomic E-state index is 14.9. The maximum Gasteiger partial charge on any atom is 0.152 e. The molecule has 0 N–H and O–H groups in total. The molecule has 0 spiro atoms. The van der Waals surface area contributed by atoms with E-state index in [1.54, 1.807) is 60.7 Å². The Morgan fingerprint density at radius 2 is 0.958 bits per heavy atom. The van der Waals surface area contributed by atoms with Gasteiger partial charge in [0.2, 0.25) is 0 Å². The average molecular weight is 316 g/mol. The number of nitriles is 2. The van der Waals surface area contributed by atoms with E-state index < -0.39 is 11.6 Å². The van der Waals surface area contributed by atoms with Crippen LogP contribution in [0.15, 0.2) is 60.7 Å². The van der Waals surface area contributed by atoms with Crippen molar-refractivity contribution in [2.45, 2.75) is 0 Å². The predicted molar refractivity (Wildman–Crippen MR) is 86.7 cm³/mol. The molecule has 0 aliphatic rings. The van der Waals surface area contributed by atoms with Gasteiger partial charge in [-0.3, -0.25) is 0 Å². The Morgan fingerprint density at radius 3 is 1.33 bits per heavy atom. The summed E-state index contributed by atoms with van der Waals surface area (Å²) in [5.41, 5.74) is -0.349. The van der Waals surface area contributed by atoms with Crippen LogP contribution in [-0.4, -0.2) is 0 Å². The van der Waals surface area contributed by atoms with Crippen molar-refractivity contribution in [2.24, 2.45) is 0 Å². The molecule has 3 aromatic carbocycles. The van der Waals surface area contributed by atoms with Crippen LogP contribution in [0.3, 0.4) is 0 Å². The van der Waals surface area contributed by atoms with E-state index >= 15 is 0 Å². The van der Waals surface area contributed by atoms with E-state index in [-0.39, 0.29) is 27.8 Å². The molecule has 0 saturated heterocycles. The van der Waals surface area contributed by atoms with Crippen molar-refractivity contribution >= 4 is 0 Å². The second kappa shape index (κ2) is 6.32. The fraction of sp³-hybridized carbons (Fsp3) is 0. The van der Waals surface area contributed by atoms with Crippen LogP contribution in [0.25, 0.3) is 22.3 Å². The zero-order valence-corrected chi connectivity index (χ0v) is 12.4. The summed E-state index contributed by atoms with van der Waals surface area (Å²) >= 11 is 0. The number of rotatable bonds is 2. The van der Waals surface area contributed by atoms with Gasteiger partial charge in [0.1, 0.15) is 12.1 Å². The van der Waals surface area contributed by atoms with Gasteiger partial charge in [-0.05, 0) is 11.1 Å². The number of halogens is 2. The zero-order chi connectivity index (χ0) is 17.1. The monoisotopic (exact) mass is 316 g/mol. The Hall–Kier alpha value is -3.50. The first-order valence-corrected chi connectivity index (χ1v) is 7.15. The number of hydrogen-bond donors (Lipinski definition) is 0. The normalized spacial score (nSPS) is 10.0. The molecule has 0 aromatic heterocycles. The smallest absolute Gasteiger partial charge is 0.152 e. The van der Waals surface area contributed by atoms with Gasteiger partial charge in [0, 0.05) is 5.56 Å². The lowest BCUT2D eigenvalue weighted by Crippen LogP contribution is -2.03. The highest BCUT2D eigenvalue weighted by Gasteiger charge is 2.26. The maximum absolute atomic E-state index is 14.9. The van der Waals surface area contributed by atoms with Crippen molar-refractivity contribution in [1.82, 2.24) is 0 Å². The second-order valence-corrected chi connectivity index (χ2v) is 5.08. The molecule has 0 amide bonds. The lowest BCUT2D eigenvalue weighted by Gasteiger charge is -2.14. The van der Waals surface area contributed by atoms with Gasteiger partial charge in [0.05, 0.1) is 16.7 Å². The fourth-order valence-electron chi connectivity index (χ4n) is 2.65. The summed E-state index contributed by atoms with van der Waals surface area (Å²) in [5.74, 6) is -1.92. The zero-order valence-electron chi connectivity index (χ0n) is 12.4. The highest BCUT2D eigenvalue weighted by molar-refractivity contribution is 5.82. The highest BCUT2D eigenvalue weighted by atomic mass is 19.1. The van der Waals surface area contributed by atoms with Gasteiger partial charge in [0.15, 0.2) is 11.6 Å². The van der Waals surface area contributed by atoms with Gasteiger partial charge in [-0.1, -0.05) is 60.7 Å². The van der Waals surface area contributed by atoms with Crippen molar-refractivity contribution < 1.29 is 8.78 Å². The third kappa shape index (κ3) is 2.41. The van der Waals surface area contributed by atoms with Gasteiger partial charge in [-0.15, -0.1) is 0 Å². The molecule has 0 radical (unpaired) electrons. The summed E-state index contributed by atoms with van der Waals surface area (Å²) in [7, 11) is 0. The number of benzene rings is 3. The summed E-state index contributed by atoms with van der Waals surface area (Å²) in [5, 5.41) is 18.8. The van der Waals surface area contributed by atoms with Crippen LogP contribution in [0.4, 0.5) is 8.78 Å². The molecule has 3 rings (SSSR count). The molecule has 24 heavy (non-hydrogen) atoms. The van der Waals surface area contributed by atoms with Gasteiger partial charge in [-0.25, -0.2) is 8.78 Å². The van der Waals surface area contributed by atoms with E-state index in [0.29, 0.717) is 5.56 Å². The van der Waals surface area contributed by atoms with E-state index in [1.165, 1.54) is 12.1 Å². The summed E-state index contributed by atoms with van der Waals surface area (Å²) in [4.78, 5) is 0. The Morgan fingerprint density at radius 1 is 0.583 bits per heavy atom. The SMILES string of the molecule is N#Cc1c(F)c(-c2ccccc2)c(F)c(C#N)c1-c1ccccc1. The minimum atomic E-state index is -0.959. The third-order valence-electron chi connectivity index (χ3n) is 3.73. The Bertz CT molecular complexity index is 941. The molecule has 114 valence electrons. The molecule has 0 atom stereocenters. The molecule has 0 aliphatic carbocycles. The molecule has 3 aromatic rings. The van der Waals surface area contributed by atoms with E-state index in [4.69, 9.17) is 0 Å². The Labute approximate surface area is 137 Å². The van der Waals surface area contributed by atoms with Crippen molar-refractivity contribution in [3.8, 4) is 34.4 Å². The quantitative estimate of drug-likeness (QED) is 0.665. The third-order valence-corrected chi connectivity index (χ3v) is 3.73. The van der Waals surface area contributed by atoms with Crippen molar-refractivity contribution in [3.63, 3.8) is 0 Å². The van der Waals surface area contributed by atoms with E-state index in [9.17, 15) is 19.3 Å². The van der Waals surface area contributed by atoms with Crippen molar-refractivity contribution in [3.05, 3.63) is 83.4 Å². The Kier molecular flexibility index (Phi) is 4.05. The van der Waals surface area contributed by atoms with Crippen LogP contribution in [-0.2, 0) is 0 Å². The molecule has 0 unspecified atom stereocenters. The number of hydrogen-bond acceptors (Lipinski definition) is 2. The largest absolute Gasteiger partial charge is 0.205 e. The molecular weight excluding hydrogens is 306 g/mol. The van der Waals surface area contributed by atoms with Crippen LogP contribution in [0.5, 0.6) is 0 Å². The van der Waals surface area contributed by atoms with Crippen molar-refractivity contribution in [2.75, 3.05) is 0 Å². The first-order chi connectivity index (χ1) is 11.7. The lowest BCUT2D eigenvalue weighted by molar-refractivity contribution is 0.586. The lowest BCUT2D eigenvalue weighted by atomic mass is 9.89. The summed E-state index contributed by atoms with van der Waals surface area (Å²) in [6.45, 7) is 0. The van der Waals surface area contributed by atoms with Crippen LogP contribution in [0, 0.1) is 34.3 Å². The van der Waals surface area contributed by atoms with Crippen LogP contribution in [0.1, 0.15) is 11.1 Å². The molecule has 0 aliphatic heterocycles. The van der Waals surface area contributed by atoms with E-state index in [1.807, 2.05) is 0 Å². The highest BCUT2D eigenvalue weighted by Crippen LogP contribution is 2.37. The molecule has 4 heteroatoms. The average Bonchev–Trinajstić information content (AvgIpc) is 2.63. The standard InChI is InChI=1S/C20H10F2N2/c21-19-15(11-23)17(13-7-3-1-4-8-13)16(12-24)20(22)18(19)14-9-5-2-6-10-14/h1-10H. The van der Waals surface area contributed by atoms with Gasteiger partial charge < -0.3 is 0 Å². The van der Waals surface area contributed by atoms with Crippen LogP contribution < -0.4 is 0 Å². The van der Waals surface area contributed by atoms with Crippen LogP contribution >= 0.6 is 0 Å². The van der Waals surface area contributed by atoms with Gasteiger partial charge in [-0.2, -0.15) is 10.5 Å². The first-order valence-electron chi connectivity index (χ1n) is 7.15. The molecular formula is C20H10F2N2. The molecule has 0 saturated carbocycles. The minimum Gasteiger partial charge on any atom is -0.205 e. The van der Waals surface area contributed by atoms with Crippen LogP contribution in [0.2, 0.25) is 0 Å². The molecule has 0 bridgehead atoms. The minimum absolute atomic E-state index is 0.0183. The Balaban J connectivity index is 2.44. The van der Waals surface area contributed by atoms with Gasteiger partial charge >= 0.3 is 0 Å². The second-order valence-electron chi connectivity index (χ2n) is 5.08. The van der Waals surface area contributed by atoms with Crippen molar-refractivity contribution in [1.29, 1.82) is 10.5 Å². The first kappa shape index (κ1) is 15.4. The van der Waals surface area contributed by atoms with E-state index in [2.05, 4.69) is 0 Å².